The van der Waals surface area contributed by atoms with Gasteiger partial charge in [0.1, 0.15) is 0 Å². The molecule has 0 N–H and O–H groups in total. The van der Waals surface area contributed by atoms with Crippen LogP contribution in [0.1, 0.15) is 45.4 Å². The number of carbonyl (C=O) groups is 1. The summed E-state index contributed by atoms with van der Waals surface area (Å²) in [5.74, 6) is -0.223. The Balaban J connectivity index is 2.68. The van der Waals surface area contributed by atoms with Crippen LogP contribution in [0.5, 0.6) is 0 Å². The molecule has 1 aliphatic heterocycles. The summed E-state index contributed by atoms with van der Waals surface area (Å²) in [6.45, 7) is 15.6. The van der Waals surface area contributed by atoms with Crippen LogP contribution in [0.2, 0.25) is 19.6 Å². The average Bonchev–Trinajstić information content (AvgIpc) is 2.62. The second-order valence-electron chi connectivity index (χ2n) is 8.50. The Morgan fingerprint density at radius 2 is 1.97 bits per heavy atom. The molecule has 5 atom stereocenters. The predicted octanol–water partition coefficient (Wildman–Crippen LogP) is 4.57. The summed E-state index contributed by atoms with van der Waals surface area (Å²) in [5.41, 5.74) is 1.16. The molecule has 6 nitrogen and oxygen atoms in total. The molecule has 1 unspecified atom stereocenters. The maximum absolute atomic E-state index is 12.1. The Morgan fingerprint density at radius 3 is 2.50 bits per heavy atom. The fourth-order valence-corrected chi connectivity index (χ4v) is 5.34. The molecule has 0 aromatic rings. The molecular weight excluding hydrogens is 457 g/mol. The third-order valence-corrected chi connectivity index (χ3v) is 6.48. The van der Waals surface area contributed by atoms with Gasteiger partial charge in [-0.05, 0) is 26.6 Å². The Labute approximate surface area is 191 Å². The topological polar surface area (TPSA) is 63.2 Å². The summed E-state index contributed by atoms with van der Waals surface area (Å²) in [4.78, 5) is 12.1. The zero-order valence-electron chi connectivity index (χ0n) is 18.6. The second kappa shape index (κ2) is 15.3. The Hall–Kier alpha value is 0.412. The molecule has 0 amide bonds. The summed E-state index contributed by atoms with van der Waals surface area (Å²) in [5, 5.41) is 0. The van der Waals surface area contributed by atoms with Gasteiger partial charge in [0.05, 0.1) is 6.61 Å². The fourth-order valence-electron chi connectivity index (χ4n) is 3.56. The Kier molecular flexibility index (Phi) is 14.5. The van der Waals surface area contributed by atoms with E-state index in [0.29, 0.717) is 26.5 Å². The molecular formula is C19H36BO6P2SSi+. The summed E-state index contributed by atoms with van der Waals surface area (Å²) >= 11 is 4.81. The molecule has 0 aromatic carbocycles. The van der Waals surface area contributed by atoms with E-state index < -0.39 is 8.32 Å². The van der Waals surface area contributed by atoms with Crippen LogP contribution in [0, 0.1) is 0 Å². The number of hydrogen-bond donors (Lipinski definition) is 0. The molecule has 1 fully saturated rings. The van der Waals surface area contributed by atoms with Crippen molar-refractivity contribution in [2.75, 3.05) is 13.2 Å². The van der Waals surface area contributed by atoms with Gasteiger partial charge < -0.3 is 4.74 Å². The SMILES string of the molecule is C=C1C[C@H](C[C@H](CC(=O)OCC)O[Si](C)(C)C)O[C@H](C[C@H](CCOB=[P+]=S)OP)C1. The van der Waals surface area contributed by atoms with Gasteiger partial charge in [0, 0.05) is 0 Å². The van der Waals surface area contributed by atoms with Gasteiger partial charge in [-0.25, -0.2) is 0 Å². The van der Waals surface area contributed by atoms with Crippen LogP contribution >= 0.6 is 16.3 Å². The van der Waals surface area contributed by atoms with Crippen LogP contribution in [0.3, 0.4) is 0 Å². The van der Waals surface area contributed by atoms with Crippen LogP contribution in [0.4, 0.5) is 0 Å². The number of hydrogen-bond acceptors (Lipinski definition) is 7. The average molecular weight is 493 g/mol. The van der Waals surface area contributed by atoms with E-state index in [1.54, 1.807) is 6.82 Å². The second-order valence-corrected chi connectivity index (χ2v) is 14.3. The first-order valence-corrected chi connectivity index (χ1v) is 16.3. The van der Waals surface area contributed by atoms with Gasteiger partial charge in [0.2, 0.25) is 0 Å². The predicted molar refractivity (Wildman–Crippen MR) is 131 cm³/mol. The van der Waals surface area contributed by atoms with E-state index in [0.717, 1.165) is 31.3 Å². The van der Waals surface area contributed by atoms with Crippen LogP contribution in [0.25, 0.3) is 0 Å². The number of carbonyl (C=O) groups excluding carboxylic acids is 1. The molecule has 0 spiro atoms. The van der Waals surface area contributed by atoms with Gasteiger partial charge in [-0.3, -0.25) is 4.79 Å². The van der Waals surface area contributed by atoms with Crippen LogP contribution in [-0.4, -0.2) is 58.7 Å². The zero-order chi connectivity index (χ0) is 22.6. The van der Waals surface area contributed by atoms with E-state index in [4.69, 9.17) is 34.9 Å². The van der Waals surface area contributed by atoms with Crippen LogP contribution < -0.4 is 0 Å². The molecule has 1 heterocycles. The van der Waals surface area contributed by atoms with Crippen molar-refractivity contribution in [3.63, 3.8) is 0 Å². The number of rotatable bonds is 14. The molecule has 1 rings (SSSR count). The molecule has 0 bridgehead atoms. The van der Waals surface area contributed by atoms with Gasteiger partial charge in [0.15, 0.2) is 0 Å². The van der Waals surface area contributed by atoms with E-state index in [1.165, 1.54) is 0 Å². The molecule has 0 aliphatic carbocycles. The van der Waals surface area contributed by atoms with Gasteiger partial charge in [0.25, 0.3) is 0 Å². The standard InChI is InChI=1S/C19H36BO6P2SSi/c1-6-22-19(21)13-18(26-30(3,4)5)12-17-10-14(2)9-16(24-17)11-15(25-27)7-8-23-20-28-29/h15-18H,2,6-13,27H2,1,3-5H3/q+1/t15-,16-,17+,18+/m0/s1. The van der Waals surface area contributed by atoms with E-state index >= 15 is 0 Å². The van der Waals surface area contributed by atoms with E-state index in [1.807, 2.05) is 6.92 Å². The van der Waals surface area contributed by atoms with Crippen LogP contribution in [0.15, 0.2) is 12.2 Å². The molecule has 0 aromatic heterocycles. The summed E-state index contributed by atoms with van der Waals surface area (Å²) in [6, 6.07) is 0. The quantitative estimate of drug-likeness (QED) is 0.116. The van der Waals surface area contributed by atoms with Gasteiger partial charge >= 0.3 is 149 Å². The molecule has 0 radical (unpaired) electrons. The van der Waals surface area contributed by atoms with Crippen molar-refractivity contribution in [2.45, 2.75) is 89.5 Å². The monoisotopic (exact) mass is 493 g/mol. The Morgan fingerprint density at radius 1 is 1.33 bits per heavy atom. The molecule has 30 heavy (non-hydrogen) atoms. The third kappa shape index (κ3) is 13.1. The first-order chi connectivity index (χ1) is 14.2. The van der Waals surface area contributed by atoms with Crippen molar-refractivity contribution in [3.8, 4) is 0 Å². The van der Waals surface area contributed by atoms with Gasteiger partial charge in [-0.2, -0.15) is 0 Å². The number of esters is 1. The summed E-state index contributed by atoms with van der Waals surface area (Å²) < 4.78 is 28.7. The normalized spacial score (nSPS) is 21.6. The van der Waals surface area contributed by atoms with Gasteiger partial charge in [-0.15, -0.1) is 0 Å². The molecule has 11 heteroatoms. The van der Waals surface area contributed by atoms with E-state index in [9.17, 15) is 4.79 Å². The van der Waals surface area contributed by atoms with Crippen molar-refractivity contribution in [3.05, 3.63) is 12.2 Å². The van der Waals surface area contributed by atoms with Crippen molar-refractivity contribution in [2.24, 2.45) is 0 Å². The van der Waals surface area contributed by atoms with Crippen molar-refractivity contribution in [1.29, 1.82) is 0 Å². The minimum atomic E-state index is -1.82. The Bertz CT molecular complexity index is 600. The van der Waals surface area contributed by atoms with E-state index in [2.05, 4.69) is 35.7 Å². The molecule has 1 saturated heterocycles. The first kappa shape index (κ1) is 28.4. The minimum absolute atomic E-state index is 0.00954. The fraction of sp³-hybridized carbons (Fsp3) is 0.842. The van der Waals surface area contributed by atoms with Crippen molar-refractivity contribution in [1.82, 2.24) is 0 Å². The third-order valence-electron chi connectivity index (χ3n) is 4.56. The molecule has 170 valence electrons. The van der Waals surface area contributed by atoms with Gasteiger partial charge in [-0.1, -0.05) is 0 Å². The molecule has 1 aliphatic rings. The molecule has 0 saturated carbocycles. The van der Waals surface area contributed by atoms with Crippen molar-refractivity contribution >= 4 is 49.2 Å². The maximum atomic E-state index is 12.1. The van der Waals surface area contributed by atoms with Crippen LogP contribution in [-0.2, 0) is 39.7 Å². The summed E-state index contributed by atoms with van der Waals surface area (Å²) in [7, 11) is 0.525. The number of ether oxygens (including phenoxy) is 2. The zero-order valence-corrected chi connectivity index (χ0v) is 22.5. The first-order valence-electron chi connectivity index (χ1n) is 10.4. The van der Waals surface area contributed by atoms with E-state index in [-0.39, 0.29) is 36.8 Å². The summed E-state index contributed by atoms with van der Waals surface area (Å²) in [6.07, 6.45) is 3.82. The van der Waals surface area contributed by atoms with Crippen molar-refractivity contribution < 1.29 is 27.9 Å².